The lowest BCUT2D eigenvalue weighted by Crippen LogP contribution is -2.33. The Hall–Kier alpha value is -1.38. The molecule has 0 saturated heterocycles. The van der Waals surface area contributed by atoms with Gasteiger partial charge in [0.1, 0.15) is 5.69 Å². The van der Waals surface area contributed by atoms with Crippen molar-refractivity contribution < 1.29 is 4.79 Å². The number of hydrogen-bond acceptors (Lipinski definition) is 2. The first-order valence-corrected chi connectivity index (χ1v) is 6.31. The molecule has 1 unspecified atom stereocenters. The van der Waals surface area contributed by atoms with E-state index < -0.39 is 0 Å². The molecule has 1 heterocycles. The summed E-state index contributed by atoms with van der Waals surface area (Å²) in [4.78, 5) is 15.8. The molecule has 0 aliphatic carbocycles. The van der Waals surface area contributed by atoms with Gasteiger partial charge in [-0.3, -0.25) is 9.78 Å². The van der Waals surface area contributed by atoms with E-state index in [0.717, 1.165) is 18.8 Å². The van der Waals surface area contributed by atoms with Crippen molar-refractivity contribution in [2.24, 2.45) is 5.92 Å². The summed E-state index contributed by atoms with van der Waals surface area (Å²) in [5.74, 6) is 0.649. The molecule has 1 aromatic rings. The van der Waals surface area contributed by atoms with Gasteiger partial charge in [-0.05, 0) is 31.4 Å². The van der Waals surface area contributed by atoms with E-state index in [1.165, 1.54) is 6.42 Å². The number of carbonyl (C=O) groups excluding carboxylic acids is 1. The van der Waals surface area contributed by atoms with E-state index in [4.69, 9.17) is 0 Å². The standard InChI is InChI=1S/C14H22N2O/c1-11(2)7-6-8-12(3)16-14(17)13-9-4-5-10-15-13/h4-5,9-12H,6-8H2,1-3H3,(H,16,17). The SMILES string of the molecule is CC(C)CCCC(C)NC(=O)c1ccccn1. The van der Waals surface area contributed by atoms with E-state index in [0.29, 0.717) is 5.69 Å². The Morgan fingerprint density at radius 2 is 2.06 bits per heavy atom. The van der Waals surface area contributed by atoms with Gasteiger partial charge in [-0.1, -0.05) is 32.8 Å². The Bertz CT molecular complexity index is 335. The van der Waals surface area contributed by atoms with E-state index in [-0.39, 0.29) is 11.9 Å². The van der Waals surface area contributed by atoms with Gasteiger partial charge in [-0.25, -0.2) is 0 Å². The quantitative estimate of drug-likeness (QED) is 0.822. The first-order chi connectivity index (χ1) is 8.09. The average Bonchev–Trinajstić information content (AvgIpc) is 2.29. The predicted octanol–water partition coefficient (Wildman–Crippen LogP) is 3.03. The molecule has 94 valence electrons. The summed E-state index contributed by atoms with van der Waals surface area (Å²) < 4.78 is 0. The summed E-state index contributed by atoms with van der Waals surface area (Å²) in [5, 5.41) is 2.97. The monoisotopic (exact) mass is 234 g/mol. The third-order valence-electron chi connectivity index (χ3n) is 2.69. The lowest BCUT2D eigenvalue weighted by molar-refractivity contribution is 0.0932. The minimum absolute atomic E-state index is 0.0809. The predicted molar refractivity (Wildman–Crippen MR) is 69.9 cm³/mol. The Balaban J connectivity index is 2.31. The Labute approximate surface area is 104 Å². The molecule has 0 radical (unpaired) electrons. The molecule has 1 aromatic heterocycles. The Morgan fingerprint density at radius 3 is 2.65 bits per heavy atom. The Kier molecular flexibility index (Phi) is 5.67. The second-order valence-corrected chi connectivity index (χ2v) is 4.91. The molecule has 0 spiro atoms. The molecule has 1 atom stereocenters. The lowest BCUT2D eigenvalue weighted by atomic mass is 10.0. The highest BCUT2D eigenvalue weighted by atomic mass is 16.1. The van der Waals surface area contributed by atoms with Crippen molar-refractivity contribution in [2.45, 2.75) is 46.1 Å². The molecule has 3 heteroatoms. The minimum Gasteiger partial charge on any atom is -0.348 e. The summed E-state index contributed by atoms with van der Waals surface area (Å²) in [5.41, 5.74) is 0.489. The van der Waals surface area contributed by atoms with Crippen LogP contribution in [-0.4, -0.2) is 16.9 Å². The van der Waals surface area contributed by atoms with Crippen LogP contribution in [-0.2, 0) is 0 Å². The molecule has 1 N–H and O–H groups in total. The summed E-state index contributed by atoms with van der Waals surface area (Å²) in [6.07, 6.45) is 5.03. The van der Waals surface area contributed by atoms with Gasteiger partial charge in [-0.15, -0.1) is 0 Å². The molecular weight excluding hydrogens is 212 g/mol. The largest absolute Gasteiger partial charge is 0.348 e. The number of nitrogens with zero attached hydrogens (tertiary/aromatic N) is 1. The third kappa shape index (κ3) is 5.48. The summed E-state index contributed by atoms with van der Waals surface area (Å²) in [6.45, 7) is 6.48. The van der Waals surface area contributed by atoms with Gasteiger partial charge in [0, 0.05) is 12.2 Å². The number of hydrogen-bond donors (Lipinski definition) is 1. The smallest absolute Gasteiger partial charge is 0.270 e. The first-order valence-electron chi connectivity index (χ1n) is 6.31. The minimum atomic E-state index is -0.0809. The van der Waals surface area contributed by atoms with Gasteiger partial charge in [-0.2, -0.15) is 0 Å². The van der Waals surface area contributed by atoms with Gasteiger partial charge in [0.05, 0.1) is 0 Å². The van der Waals surface area contributed by atoms with E-state index in [9.17, 15) is 4.79 Å². The lowest BCUT2D eigenvalue weighted by Gasteiger charge is -2.14. The van der Waals surface area contributed by atoms with Crippen LogP contribution in [0.1, 0.15) is 50.5 Å². The molecule has 0 aromatic carbocycles. The van der Waals surface area contributed by atoms with Gasteiger partial charge in [0.25, 0.3) is 5.91 Å². The number of carbonyl (C=O) groups is 1. The zero-order valence-electron chi connectivity index (χ0n) is 10.9. The van der Waals surface area contributed by atoms with Crippen molar-refractivity contribution in [3.8, 4) is 0 Å². The number of nitrogens with one attached hydrogen (secondary N) is 1. The second kappa shape index (κ2) is 7.05. The van der Waals surface area contributed by atoms with Crippen molar-refractivity contribution in [1.82, 2.24) is 10.3 Å². The average molecular weight is 234 g/mol. The normalized spacial score (nSPS) is 12.5. The molecule has 0 aliphatic heterocycles. The molecule has 0 fully saturated rings. The first kappa shape index (κ1) is 13.7. The maximum absolute atomic E-state index is 11.8. The van der Waals surface area contributed by atoms with Crippen LogP contribution in [0.3, 0.4) is 0 Å². The fourth-order valence-electron chi connectivity index (χ4n) is 1.70. The Morgan fingerprint density at radius 1 is 1.29 bits per heavy atom. The maximum atomic E-state index is 11.8. The van der Waals surface area contributed by atoms with Crippen LogP contribution in [0.2, 0.25) is 0 Å². The van der Waals surface area contributed by atoms with E-state index >= 15 is 0 Å². The summed E-state index contributed by atoms with van der Waals surface area (Å²) in [7, 11) is 0. The van der Waals surface area contributed by atoms with Crippen LogP contribution in [0.5, 0.6) is 0 Å². The van der Waals surface area contributed by atoms with Crippen LogP contribution >= 0.6 is 0 Å². The van der Waals surface area contributed by atoms with Gasteiger partial charge < -0.3 is 5.32 Å². The van der Waals surface area contributed by atoms with Crippen LogP contribution in [0, 0.1) is 5.92 Å². The second-order valence-electron chi connectivity index (χ2n) is 4.91. The molecular formula is C14H22N2O. The van der Waals surface area contributed by atoms with Crippen LogP contribution < -0.4 is 5.32 Å². The topological polar surface area (TPSA) is 42.0 Å². The van der Waals surface area contributed by atoms with Gasteiger partial charge >= 0.3 is 0 Å². The number of pyridine rings is 1. The number of aromatic nitrogens is 1. The van der Waals surface area contributed by atoms with E-state index in [1.54, 1.807) is 12.3 Å². The molecule has 0 aliphatic rings. The van der Waals surface area contributed by atoms with Gasteiger partial charge in [0.15, 0.2) is 0 Å². The number of amides is 1. The van der Waals surface area contributed by atoms with E-state index in [1.807, 2.05) is 19.1 Å². The summed E-state index contributed by atoms with van der Waals surface area (Å²) >= 11 is 0. The maximum Gasteiger partial charge on any atom is 0.270 e. The highest BCUT2D eigenvalue weighted by Crippen LogP contribution is 2.08. The molecule has 3 nitrogen and oxygen atoms in total. The van der Waals surface area contributed by atoms with Crippen molar-refractivity contribution in [1.29, 1.82) is 0 Å². The van der Waals surface area contributed by atoms with Crippen molar-refractivity contribution in [3.05, 3.63) is 30.1 Å². The van der Waals surface area contributed by atoms with Crippen molar-refractivity contribution in [2.75, 3.05) is 0 Å². The van der Waals surface area contributed by atoms with E-state index in [2.05, 4.69) is 24.1 Å². The number of rotatable bonds is 6. The third-order valence-corrected chi connectivity index (χ3v) is 2.69. The fraction of sp³-hybridized carbons (Fsp3) is 0.571. The zero-order valence-corrected chi connectivity index (χ0v) is 10.9. The van der Waals surface area contributed by atoms with Crippen molar-refractivity contribution in [3.63, 3.8) is 0 Å². The molecule has 0 saturated carbocycles. The summed E-state index contributed by atoms with van der Waals surface area (Å²) in [6, 6.07) is 5.58. The highest BCUT2D eigenvalue weighted by molar-refractivity contribution is 5.92. The highest BCUT2D eigenvalue weighted by Gasteiger charge is 2.10. The van der Waals surface area contributed by atoms with Crippen LogP contribution in [0.15, 0.2) is 24.4 Å². The fourth-order valence-corrected chi connectivity index (χ4v) is 1.70. The molecule has 1 amide bonds. The van der Waals surface area contributed by atoms with Crippen LogP contribution in [0.25, 0.3) is 0 Å². The van der Waals surface area contributed by atoms with Crippen LogP contribution in [0.4, 0.5) is 0 Å². The molecule has 17 heavy (non-hydrogen) atoms. The van der Waals surface area contributed by atoms with Crippen molar-refractivity contribution >= 4 is 5.91 Å². The molecule has 1 rings (SSSR count). The zero-order chi connectivity index (χ0) is 12.7. The molecule has 0 bridgehead atoms. The van der Waals surface area contributed by atoms with Gasteiger partial charge in [0.2, 0.25) is 0 Å².